The Morgan fingerprint density at radius 2 is 1.46 bits per heavy atom. The summed E-state index contributed by atoms with van der Waals surface area (Å²) >= 11 is 5.92. The zero-order chi connectivity index (χ0) is 19.9. The van der Waals surface area contributed by atoms with E-state index in [0.29, 0.717) is 10.6 Å². The third kappa shape index (κ3) is 3.38. The van der Waals surface area contributed by atoms with Gasteiger partial charge in [-0.05, 0) is 48.9 Å². The second-order valence-electron chi connectivity index (χ2n) is 7.16. The van der Waals surface area contributed by atoms with E-state index in [1.807, 2.05) is 37.3 Å². The minimum atomic E-state index is -3.64. The number of Topliss-reactive ketones (excluding diaryl/α,β-unsaturated/α-hetero) is 1. The molecule has 3 aromatic rings. The fourth-order valence-electron chi connectivity index (χ4n) is 3.75. The van der Waals surface area contributed by atoms with Gasteiger partial charge in [0, 0.05) is 22.4 Å². The van der Waals surface area contributed by atoms with Crippen LogP contribution in [-0.2, 0) is 9.84 Å². The summed E-state index contributed by atoms with van der Waals surface area (Å²) in [5, 5.41) is -0.225. The monoisotopic (exact) mass is 410 g/mol. The summed E-state index contributed by atoms with van der Waals surface area (Å²) in [6.07, 6.45) is 0. The van der Waals surface area contributed by atoms with Crippen LogP contribution in [0.1, 0.15) is 27.4 Å². The predicted octanol–water partition coefficient (Wildman–Crippen LogP) is 5.09. The number of halogens is 1. The lowest BCUT2D eigenvalue weighted by Crippen LogP contribution is -2.14. The molecule has 0 unspecified atom stereocenters. The molecule has 3 aromatic carbocycles. The van der Waals surface area contributed by atoms with Crippen molar-refractivity contribution in [2.75, 3.05) is 0 Å². The van der Waals surface area contributed by atoms with Crippen LogP contribution in [0.25, 0.3) is 0 Å². The van der Waals surface area contributed by atoms with E-state index in [-0.39, 0.29) is 16.6 Å². The topological polar surface area (TPSA) is 51.2 Å². The van der Waals surface area contributed by atoms with E-state index in [2.05, 4.69) is 0 Å². The van der Waals surface area contributed by atoms with Gasteiger partial charge in [-0.15, -0.1) is 0 Å². The predicted molar refractivity (Wildman–Crippen MR) is 111 cm³/mol. The Bertz CT molecular complexity index is 1100. The van der Waals surface area contributed by atoms with Crippen LogP contribution in [0.5, 0.6) is 0 Å². The molecule has 0 aliphatic heterocycles. The Hall–Kier alpha value is -2.43. The van der Waals surface area contributed by atoms with Crippen LogP contribution in [0.15, 0.2) is 83.8 Å². The van der Waals surface area contributed by atoms with Gasteiger partial charge in [-0.3, -0.25) is 4.79 Å². The van der Waals surface area contributed by atoms with Gasteiger partial charge >= 0.3 is 0 Å². The molecule has 1 aliphatic carbocycles. The molecule has 1 fully saturated rings. The second kappa shape index (κ2) is 7.19. The smallest absolute Gasteiger partial charge is 0.182 e. The molecule has 3 atom stereocenters. The molecule has 142 valence electrons. The van der Waals surface area contributed by atoms with Gasteiger partial charge < -0.3 is 0 Å². The number of rotatable bonds is 5. The van der Waals surface area contributed by atoms with E-state index in [4.69, 9.17) is 11.6 Å². The van der Waals surface area contributed by atoms with Gasteiger partial charge in [0.05, 0.1) is 10.1 Å². The molecule has 0 spiro atoms. The van der Waals surface area contributed by atoms with E-state index in [1.165, 1.54) is 0 Å². The Kier molecular flexibility index (Phi) is 4.86. The first-order valence-corrected chi connectivity index (χ1v) is 11.0. The molecule has 0 heterocycles. The zero-order valence-electron chi connectivity index (χ0n) is 15.2. The zero-order valence-corrected chi connectivity index (χ0v) is 16.8. The van der Waals surface area contributed by atoms with Crippen molar-refractivity contribution in [3.8, 4) is 0 Å². The number of aryl methyl sites for hydroxylation is 1. The molecule has 0 bridgehead atoms. The molecule has 0 radical (unpaired) electrons. The quantitative estimate of drug-likeness (QED) is 0.550. The average Bonchev–Trinajstić information content (AvgIpc) is 3.46. The summed E-state index contributed by atoms with van der Waals surface area (Å²) in [5.41, 5.74) is 2.34. The molecule has 3 nitrogen and oxygen atoms in total. The van der Waals surface area contributed by atoms with Crippen LogP contribution in [0.3, 0.4) is 0 Å². The van der Waals surface area contributed by atoms with Crippen molar-refractivity contribution in [1.29, 1.82) is 0 Å². The average molecular weight is 411 g/mol. The summed E-state index contributed by atoms with van der Waals surface area (Å²) in [5.74, 6) is -1.11. The molecule has 4 rings (SSSR count). The minimum Gasteiger partial charge on any atom is -0.294 e. The van der Waals surface area contributed by atoms with E-state index >= 15 is 0 Å². The maximum Gasteiger partial charge on any atom is 0.182 e. The second-order valence-corrected chi connectivity index (χ2v) is 9.70. The fourth-order valence-corrected chi connectivity index (χ4v) is 6.00. The Labute approximate surface area is 169 Å². The summed E-state index contributed by atoms with van der Waals surface area (Å²) in [6, 6.07) is 22.8. The highest BCUT2D eigenvalue weighted by Gasteiger charge is 2.62. The number of carbonyl (C=O) groups excluding carboxylic acids is 1. The maximum absolute atomic E-state index is 13.3. The SMILES string of the molecule is Cc1ccc(S(=O)(=O)[C@@H]2[C@@H](C(=O)c3ccc(Cl)cc3)[C@H]2c2ccccc2)cc1. The van der Waals surface area contributed by atoms with Crippen LogP contribution in [0.4, 0.5) is 0 Å². The Morgan fingerprint density at radius 3 is 2.07 bits per heavy atom. The number of hydrogen-bond donors (Lipinski definition) is 0. The van der Waals surface area contributed by atoms with Crippen LogP contribution in [0.2, 0.25) is 5.02 Å². The first-order chi connectivity index (χ1) is 13.4. The van der Waals surface area contributed by atoms with E-state index in [0.717, 1.165) is 11.1 Å². The largest absolute Gasteiger partial charge is 0.294 e. The van der Waals surface area contributed by atoms with Gasteiger partial charge in [0.15, 0.2) is 15.6 Å². The van der Waals surface area contributed by atoms with Gasteiger partial charge in [0.2, 0.25) is 0 Å². The molecule has 28 heavy (non-hydrogen) atoms. The fraction of sp³-hybridized carbons (Fsp3) is 0.174. The number of ketones is 1. The molecule has 1 saturated carbocycles. The van der Waals surface area contributed by atoms with Gasteiger partial charge in [0.1, 0.15) is 0 Å². The van der Waals surface area contributed by atoms with E-state index in [1.54, 1.807) is 48.5 Å². The van der Waals surface area contributed by atoms with Crippen molar-refractivity contribution < 1.29 is 13.2 Å². The lowest BCUT2D eigenvalue weighted by Gasteiger charge is -2.05. The number of sulfone groups is 1. The molecule has 0 N–H and O–H groups in total. The molecule has 0 aromatic heterocycles. The standard InChI is InChI=1S/C23H19ClO3S/c1-15-7-13-19(14-8-15)28(26,27)23-20(16-5-3-2-4-6-16)21(23)22(25)17-9-11-18(24)12-10-17/h2-14,20-21,23H,1H3/t20-,21-,23+/m1/s1. The highest BCUT2D eigenvalue weighted by atomic mass is 35.5. The summed E-state index contributed by atoms with van der Waals surface area (Å²) in [6.45, 7) is 1.91. The first kappa shape index (κ1) is 18.9. The van der Waals surface area contributed by atoms with Crippen molar-refractivity contribution in [2.45, 2.75) is 23.0 Å². The maximum atomic E-state index is 13.3. The highest BCUT2D eigenvalue weighted by molar-refractivity contribution is 7.92. The van der Waals surface area contributed by atoms with E-state index in [9.17, 15) is 13.2 Å². The summed E-state index contributed by atoms with van der Waals surface area (Å²) in [4.78, 5) is 13.4. The van der Waals surface area contributed by atoms with Crippen LogP contribution >= 0.6 is 11.6 Å². The molecular weight excluding hydrogens is 392 g/mol. The highest BCUT2D eigenvalue weighted by Crippen LogP contribution is 2.55. The van der Waals surface area contributed by atoms with Crippen molar-refractivity contribution in [3.05, 3.63) is 101 Å². The van der Waals surface area contributed by atoms with Gasteiger partial charge in [-0.2, -0.15) is 0 Å². The van der Waals surface area contributed by atoms with Crippen LogP contribution < -0.4 is 0 Å². The molecule has 1 aliphatic rings. The normalized spacial score (nSPS) is 21.3. The third-order valence-electron chi connectivity index (χ3n) is 5.28. The number of carbonyl (C=O) groups is 1. The van der Waals surface area contributed by atoms with Crippen molar-refractivity contribution in [1.82, 2.24) is 0 Å². The summed E-state index contributed by atoms with van der Waals surface area (Å²) < 4.78 is 26.6. The number of benzene rings is 3. The van der Waals surface area contributed by atoms with Crippen molar-refractivity contribution in [3.63, 3.8) is 0 Å². The lowest BCUT2D eigenvalue weighted by atomic mass is 10.0. The Morgan fingerprint density at radius 1 is 0.857 bits per heavy atom. The molecule has 0 saturated heterocycles. The lowest BCUT2D eigenvalue weighted by molar-refractivity contribution is 0.0965. The Balaban J connectivity index is 1.74. The van der Waals surface area contributed by atoms with Crippen molar-refractivity contribution in [2.24, 2.45) is 5.92 Å². The minimum absolute atomic E-state index is 0.161. The van der Waals surface area contributed by atoms with Gasteiger partial charge in [0.25, 0.3) is 0 Å². The van der Waals surface area contributed by atoms with Crippen LogP contribution in [0, 0.1) is 12.8 Å². The number of hydrogen-bond acceptors (Lipinski definition) is 3. The van der Waals surface area contributed by atoms with Gasteiger partial charge in [-0.1, -0.05) is 59.6 Å². The molecular formula is C23H19ClO3S. The molecule has 0 amide bonds. The van der Waals surface area contributed by atoms with Crippen molar-refractivity contribution >= 4 is 27.2 Å². The molecule has 5 heteroatoms. The summed E-state index contributed by atoms with van der Waals surface area (Å²) in [7, 11) is -3.64. The van der Waals surface area contributed by atoms with Gasteiger partial charge in [-0.25, -0.2) is 8.42 Å². The first-order valence-electron chi connectivity index (χ1n) is 9.05. The van der Waals surface area contributed by atoms with Crippen LogP contribution in [-0.4, -0.2) is 19.5 Å². The van der Waals surface area contributed by atoms with E-state index < -0.39 is 21.0 Å². The third-order valence-corrected chi connectivity index (χ3v) is 7.76.